The summed E-state index contributed by atoms with van der Waals surface area (Å²) in [4.78, 5) is 13.2. The largest absolute Gasteiger partial charge is 0.349 e. The topological polar surface area (TPSA) is 41.1 Å². The van der Waals surface area contributed by atoms with Crippen molar-refractivity contribution in [1.82, 2.24) is 10.6 Å². The van der Waals surface area contributed by atoms with Crippen LogP contribution in [0.1, 0.15) is 23.2 Å². The molecular weight excluding hydrogens is 268 g/mol. The highest BCUT2D eigenvalue weighted by Gasteiger charge is 2.18. The molecule has 1 saturated heterocycles. The molecule has 1 fully saturated rings. The zero-order valence-corrected chi connectivity index (χ0v) is 11.9. The second-order valence-electron chi connectivity index (χ2n) is 4.34. The van der Waals surface area contributed by atoms with Crippen LogP contribution in [0.25, 0.3) is 0 Å². The summed E-state index contributed by atoms with van der Waals surface area (Å²) < 4.78 is 0. The molecule has 0 aliphatic carbocycles. The molecule has 1 aliphatic rings. The first-order chi connectivity index (χ1) is 8.70. The molecule has 0 aromatic heterocycles. The van der Waals surface area contributed by atoms with E-state index >= 15 is 0 Å². The predicted molar refractivity (Wildman–Crippen MR) is 76.6 cm³/mol. The van der Waals surface area contributed by atoms with Crippen molar-refractivity contribution < 1.29 is 4.79 Å². The van der Waals surface area contributed by atoms with E-state index in [-0.39, 0.29) is 11.9 Å². The van der Waals surface area contributed by atoms with Crippen molar-refractivity contribution in [2.45, 2.75) is 23.8 Å². The van der Waals surface area contributed by atoms with Crippen LogP contribution in [0.15, 0.2) is 23.1 Å². The van der Waals surface area contributed by atoms with Crippen molar-refractivity contribution in [3.63, 3.8) is 0 Å². The van der Waals surface area contributed by atoms with Gasteiger partial charge in [-0.2, -0.15) is 0 Å². The van der Waals surface area contributed by atoms with E-state index in [0.717, 1.165) is 30.8 Å². The third-order valence-electron chi connectivity index (χ3n) is 3.09. The molecule has 0 bridgehead atoms. The number of benzene rings is 1. The first-order valence-electron chi connectivity index (χ1n) is 6.06. The van der Waals surface area contributed by atoms with Crippen LogP contribution in [-0.4, -0.2) is 31.3 Å². The number of hydrogen-bond donors (Lipinski definition) is 2. The molecule has 0 radical (unpaired) electrons. The molecule has 1 aromatic carbocycles. The monoisotopic (exact) mass is 284 g/mol. The molecule has 0 atom stereocenters. The lowest BCUT2D eigenvalue weighted by Crippen LogP contribution is -2.42. The fourth-order valence-corrected chi connectivity index (χ4v) is 2.68. The summed E-state index contributed by atoms with van der Waals surface area (Å²) in [6.07, 6.45) is 3.94. The van der Waals surface area contributed by atoms with E-state index in [1.807, 2.05) is 18.4 Å². The molecule has 2 rings (SSSR count). The zero-order valence-electron chi connectivity index (χ0n) is 10.3. The van der Waals surface area contributed by atoms with Gasteiger partial charge in [0.05, 0.1) is 10.6 Å². The number of halogens is 1. The van der Waals surface area contributed by atoms with Gasteiger partial charge >= 0.3 is 0 Å². The molecule has 1 aromatic rings. The highest BCUT2D eigenvalue weighted by Crippen LogP contribution is 2.23. The second-order valence-corrected chi connectivity index (χ2v) is 5.63. The van der Waals surface area contributed by atoms with Gasteiger partial charge in [0, 0.05) is 10.9 Å². The highest BCUT2D eigenvalue weighted by molar-refractivity contribution is 7.98. The molecule has 3 nitrogen and oxygen atoms in total. The Morgan fingerprint density at radius 1 is 1.44 bits per heavy atom. The maximum Gasteiger partial charge on any atom is 0.253 e. The molecule has 2 N–H and O–H groups in total. The van der Waals surface area contributed by atoms with Crippen LogP contribution in [0, 0.1) is 0 Å². The van der Waals surface area contributed by atoms with E-state index in [1.165, 1.54) is 0 Å². The van der Waals surface area contributed by atoms with E-state index in [2.05, 4.69) is 10.6 Å². The third kappa shape index (κ3) is 3.40. The fourth-order valence-electron chi connectivity index (χ4n) is 2.03. The van der Waals surface area contributed by atoms with Crippen LogP contribution in [0.5, 0.6) is 0 Å². The summed E-state index contributed by atoms with van der Waals surface area (Å²) in [5, 5.41) is 6.84. The number of hydrogen-bond acceptors (Lipinski definition) is 3. The van der Waals surface area contributed by atoms with Gasteiger partial charge in [-0.15, -0.1) is 11.8 Å². The minimum absolute atomic E-state index is 0.0669. The van der Waals surface area contributed by atoms with Crippen LogP contribution in [0.4, 0.5) is 0 Å². The lowest BCUT2D eigenvalue weighted by molar-refractivity contribution is 0.0929. The summed E-state index contributed by atoms with van der Waals surface area (Å²) in [6, 6.07) is 5.82. The number of rotatable bonds is 3. The maximum absolute atomic E-state index is 12.2. The van der Waals surface area contributed by atoms with Gasteiger partial charge in [-0.05, 0) is 50.4 Å². The van der Waals surface area contributed by atoms with Crippen molar-refractivity contribution in [1.29, 1.82) is 0 Å². The van der Waals surface area contributed by atoms with Gasteiger partial charge < -0.3 is 10.6 Å². The van der Waals surface area contributed by atoms with Gasteiger partial charge in [0.15, 0.2) is 0 Å². The average Bonchev–Trinajstić information content (AvgIpc) is 2.40. The lowest BCUT2D eigenvalue weighted by Gasteiger charge is -2.23. The van der Waals surface area contributed by atoms with Crippen LogP contribution < -0.4 is 10.6 Å². The Labute approximate surface area is 117 Å². The number of amides is 1. The van der Waals surface area contributed by atoms with E-state index < -0.39 is 0 Å². The number of nitrogens with one attached hydrogen (secondary N) is 2. The molecule has 0 spiro atoms. The van der Waals surface area contributed by atoms with Gasteiger partial charge in [-0.25, -0.2) is 0 Å². The van der Waals surface area contributed by atoms with Crippen molar-refractivity contribution in [2.24, 2.45) is 0 Å². The first kappa shape index (κ1) is 13.7. The molecular formula is C13H17ClN2OS. The van der Waals surface area contributed by atoms with E-state index in [4.69, 9.17) is 11.6 Å². The zero-order chi connectivity index (χ0) is 13.0. The Balaban J connectivity index is 2.07. The summed E-state index contributed by atoms with van der Waals surface area (Å²) in [7, 11) is 0. The molecule has 5 heteroatoms. The van der Waals surface area contributed by atoms with Gasteiger partial charge in [-0.3, -0.25) is 4.79 Å². The highest BCUT2D eigenvalue weighted by atomic mass is 35.5. The van der Waals surface area contributed by atoms with Gasteiger partial charge in [0.25, 0.3) is 5.91 Å². The van der Waals surface area contributed by atoms with E-state index in [9.17, 15) is 4.79 Å². The third-order valence-corrected chi connectivity index (χ3v) is 4.15. The van der Waals surface area contributed by atoms with Crippen molar-refractivity contribution in [3.8, 4) is 0 Å². The number of thioether (sulfide) groups is 1. The summed E-state index contributed by atoms with van der Waals surface area (Å²) in [5.41, 5.74) is 0.571. The average molecular weight is 285 g/mol. The quantitative estimate of drug-likeness (QED) is 0.838. The normalized spacial score (nSPS) is 16.6. The van der Waals surface area contributed by atoms with Gasteiger partial charge in [0.2, 0.25) is 0 Å². The summed E-state index contributed by atoms with van der Waals surface area (Å²) in [5.74, 6) is -0.0669. The Morgan fingerprint density at radius 2 is 2.17 bits per heavy atom. The molecule has 1 amide bonds. The number of piperidine rings is 1. The van der Waals surface area contributed by atoms with Gasteiger partial charge in [-0.1, -0.05) is 11.6 Å². The Kier molecular flexibility index (Phi) is 4.92. The van der Waals surface area contributed by atoms with Crippen LogP contribution in [0.2, 0.25) is 5.02 Å². The molecule has 0 saturated carbocycles. The molecule has 1 aliphatic heterocycles. The Bertz CT molecular complexity index is 433. The summed E-state index contributed by atoms with van der Waals surface area (Å²) >= 11 is 7.69. The Hall–Kier alpha value is -0.710. The smallest absolute Gasteiger partial charge is 0.253 e. The van der Waals surface area contributed by atoms with Crippen LogP contribution in [-0.2, 0) is 0 Å². The lowest BCUT2D eigenvalue weighted by atomic mass is 10.1. The number of carbonyl (C=O) groups is 1. The molecule has 0 unspecified atom stereocenters. The van der Waals surface area contributed by atoms with Gasteiger partial charge in [0.1, 0.15) is 0 Å². The van der Waals surface area contributed by atoms with Crippen molar-refractivity contribution in [2.75, 3.05) is 19.3 Å². The standard InChI is InChI=1S/C13H17ClN2OS/c1-18-10-2-3-12(14)11(8-10)13(17)16-9-4-6-15-7-5-9/h2-3,8-9,15H,4-7H2,1H3,(H,16,17). The minimum atomic E-state index is -0.0669. The van der Waals surface area contributed by atoms with Crippen LogP contribution in [0.3, 0.4) is 0 Å². The molecule has 1 heterocycles. The van der Waals surface area contributed by atoms with E-state index in [1.54, 1.807) is 17.8 Å². The first-order valence-corrected chi connectivity index (χ1v) is 7.66. The molecule has 18 heavy (non-hydrogen) atoms. The van der Waals surface area contributed by atoms with E-state index in [0.29, 0.717) is 10.6 Å². The molecule has 98 valence electrons. The maximum atomic E-state index is 12.2. The minimum Gasteiger partial charge on any atom is -0.349 e. The van der Waals surface area contributed by atoms with Crippen molar-refractivity contribution in [3.05, 3.63) is 28.8 Å². The Morgan fingerprint density at radius 3 is 2.83 bits per heavy atom. The van der Waals surface area contributed by atoms with Crippen molar-refractivity contribution >= 4 is 29.3 Å². The second kappa shape index (κ2) is 6.45. The summed E-state index contributed by atoms with van der Waals surface area (Å²) in [6.45, 7) is 1.92. The SMILES string of the molecule is CSc1ccc(Cl)c(C(=O)NC2CCNCC2)c1. The van der Waals surface area contributed by atoms with Crippen LogP contribution >= 0.6 is 23.4 Å². The fraction of sp³-hybridized carbons (Fsp3) is 0.462. The predicted octanol–water partition coefficient (Wildman–Crippen LogP) is 2.54. The number of carbonyl (C=O) groups excluding carboxylic acids is 1.